The van der Waals surface area contributed by atoms with E-state index < -0.39 is 11.5 Å². The first kappa shape index (κ1) is 9.99. The maximum atomic E-state index is 11.2. The molecule has 0 saturated carbocycles. The van der Waals surface area contributed by atoms with Crippen LogP contribution in [0.2, 0.25) is 0 Å². The van der Waals surface area contributed by atoms with Crippen molar-refractivity contribution in [2.75, 3.05) is 7.11 Å². The number of aryl methyl sites for hydroxylation is 1. The van der Waals surface area contributed by atoms with Crippen LogP contribution in [0.25, 0.3) is 4.85 Å². The van der Waals surface area contributed by atoms with Crippen LogP contribution in [0.5, 0.6) is 0 Å². The third-order valence-corrected chi connectivity index (χ3v) is 1.74. The van der Waals surface area contributed by atoms with Crippen LogP contribution in [-0.4, -0.2) is 18.1 Å². The fraction of sp³-hybridized carbons (Fsp3) is 0.222. The zero-order chi connectivity index (χ0) is 10.7. The molecule has 0 aromatic carbocycles. The highest BCUT2D eigenvalue weighted by molar-refractivity contribution is 5.90. The Kier molecular flexibility index (Phi) is 2.67. The lowest BCUT2D eigenvalue weighted by molar-refractivity contribution is 0.0599. The number of nitrogens with one attached hydrogen (secondary N) is 1. The van der Waals surface area contributed by atoms with E-state index in [0.717, 1.165) is 0 Å². The van der Waals surface area contributed by atoms with Gasteiger partial charge in [0.25, 0.3) is 5.56 Å². The number of aromatic amines is 1. The lowest BCUT2D eigenvalue weighted by Crippen LogP contribution is -2.19. The molecule has 1 rings (SSSR count). The number of rotatable bonds is 1. The molecular weight excluding hydrogens is 184 g/mol. The number of carbonyl (C=O) groups is 1. The number of pyridine rings is 1. The first-order valence-electron chi connectivity index (χ1n) is 3.80. The highest BCUT2D eigenvalue weighted by atomic mass is 16.5. The molecule has 0 aliphatic carbocycles. The summed E-state index contributed by atoms with van der Waals surface area (Å²) in [5, 5.41) is 0. The number of nitrogens with zero attached hydrogens (tertiary/aromatic N) is 1. The summed E-state index contributed by atoms with van der Waals surface area (Å²) in [5.74, 6) is -0.740. The van der Waals surface area contributed by atoms with Crippen molar-refractivity contribution in [3.8, 4) is 0 Å². The largest absolute Gasteiger partial charge is 0.465 e. The van der Waals surface area contributed by atoms with Gasteiger partial charge in [-0.15, -0.1) is 0 Å². The van der Waals surface area contributed by atoms with Crippen LogP contribution in [0.15, 0.2) is 10.9 Å². The molecule has 1 aromatic heterocycles. The van der Waals surface area contributed by atoms with Crippen molar-refractivity contribution in [2.24, 2.45) is 0 Å². The van der Waals surface area contributed by atoms with Crippen molar-refractivity contribution >= 4 is 11.7 Å². The summed E-state index contributed by atoms with van der Waals surface area (Å²) in [7, 11) is 1.18. The first-order chi connectivity index (χ1) is 6.60. The van der Waals surface area contributed by atoms with E-state index in [1.807, 2.05) is 0 Å². The molecule has 1 N–H and O–H groups in total. The highest BCUT2D eigenvalue weighted by Gasteiger charge is 2.12. The van der Waals surface area contributed by atoms with E-state index in [1.165, 1.54) is 13.2 Å². The van der Waals surface area contributed by atoms with Gasteiger partial charge in [0.05, 0.1) is 13.7 Å². The number of methoxy groups -OCH3 is 1. The van der Waals surface area contributed by atoms with Gasteiger partial charge in [0.15, 0.2) is 0 Å². The molecule has 0 bridgehead atoms. The summed E-state index contributed by atoms with van der Waals surface area (Å²) >= 11 is 0. The van der Waals surface area contributed by atoms with Crippen LogP contribution in [0.1, 0.15) is 16.1 Å². The lowest BCUT2D eigenvalue weighted by Gasteiger charge is -2.00. The third-order valence-electron chi connectivity index (χ3n) is 1.74. The molecule has 0 fully saturated rings. The number of hydrogen-bond donors (Lipinski definition) is 1. The summed E-state index contributed by atoms with van der Waals surface area (Å²) in [6.45, 7) is 8.39. The average molecular weight is 192 g/mol. The summed E-state index contributed by atoms with van der Waals surface area (Å²) < 4.78 is 4.39. The zero-order valence-electron chi connectivity index (χ0n) is 7.75. The van der Waals surface area contributed by atoms with E-state index in [0.29, 0.717) is 5.69 Å². The van der Waals surface area contributed by atoms with Gasteiger partial charge in [-0.05, 0) is 13.0 Å². The molecule has 0 aliphatic rings. The van der Waals surface area contributed by atoms with Crippen LogP contribution >= 0.6 is 0 Å². The number of H-pyrrole nitrogens is 1. The predicted octanol–water partition coefficient (Wildman–Crippen LogP) is 1.02. The van der Waals surface area contributed by atoms with Crippen LogP contribution in [0.3, 0.4) is 0 Å². The second kappa shape index (κ2) is 3.75. The zero-order valence-corrected chi connectivity index (χ0v) is 7.75. The van der Waals surface area contributed by atoms with E-state index in [-0.39, 0.29) is 11.3 Å². The van der Waals surface area contributed by atoms with Crippen LogP contribution in [0, 0.1) is 13.5 Å². The molecule has 0 atom stereocenters. The third kappa shape index (κ3) is 1.64. The summed E-state index contributed by atoms with van der Waals surface area (Å²) in [6, 6.07) is 1.23. The molecule has 1 aromatic rings. The van der Waals surface area contributed by atoms with Gasteiger partial charge in [0.1, 0.15) is 5.56 Å². The Morgan fingerprint density at radius 1 is 1.64 bits per heavy atom. The summed E-state index contributed by atoms with van der Waals surface area (Å²) in [6.07, 6.45) is 0. The van der Waals surface area contributed by atoms with Gasteiger partial charge in [0, 0.05) is 5.69 Å². The average Bonchev–Trinajstić information content (AvgIpc) is 2.17. The quantitative estimate of drug-likeness (QED) is 0.533. The molecule has 5 heteroatoms. The minimum atomic E-state index is -0.740. The van der Waals surface area contributed by atoms with E-state index in [2.05, 4.69) is 14.6 Å². The monoisotopic (exact) mass is 192 g/mol. The molecule has 0 spiro atoms. The number of esters is 1. The van der Waals surface area contributed by atoms with Crippen LogP contribution in [0.4, 0.5) is 5.69 Å². The minimum Gasteiger partial charge on any atom is -0.465 e. The smallest absolute Gasteiger partial charge is 0.342 e. The maximum absolute atomic E-state index is 11.2. The van der Waals surface area contributed by atoms with Crippen LogP contribution < -0.4 is 5.56 Å². The Hall–Kier alpha value is -2.09. The van der Waals surface area contributed by atoms with E-state index in [4.69, 9.17) is 6.57 Å². The van der Waals surface area contributed by atoms with Crippen molar-refractivity contribution in [3.05, 3.63) is 39.1 Å². The van der Waals surface area contributed by atoms with Gasteiger partial charge in [-0.3, -0.25) is 4.79 Å². The van der Waals surface area contributed by atoms with Gasteiger partial charge < -0.3 is 9.72 Å². The van der Waals surface area contributed by atoms with E-state index >= 15 is 0 Å². The maximum Gasteiger partial charge on any atom is 0.342 e. The standard InChI is InChI=1S/C9H8N2O3/c1-5-7(10-2)4-6(8(12)11-5)9(13)14-3/h4H,1,3H3,(H,11,12). The molecule has 5 nitrogen and oxygen atoms in total. The van der Waals surface area contributed by atoms with Crippen molar-refractivity contribution in [1.82, 2.24) is 4.98 Å². The van der Waals surface area contributed by atoms with Gasteiger partial charge in [-0.1, -0.05) is 0 Å². The Balaban J connectivity index is 3.41. The fourth-order valence-corrected chi connectivity index (χ4v) is 0.990. The number of hydrogen-bond acceptors (Lipinski definition) is 3. The van der Waals surface area contributed by atoms with Gasteiger partial charge in [0.2, 0.25) is 5.69 Å². The molecule has 0 aliphatic heterocycles. The Labute approximate surface area is 80.1 Å². The van der Waals surface area contributed by atoms with Gasteiger partial charge in [-0.2, -0.15) is 0 Å². The van der Waals surface area contributed by atoms with Crippen molar-refractivity contribution in [3.63, 3.8) is 0 Å². The summed E-state index contributed by atoms with van der Waals surface area (Å²) in [4.78, 5) is 27.9. The van der Waals surface area contributed by atoms with Gasteiger partial charge in [-0.25, -0.2) is 9.64 Å². The fourth-order valence-electron chi connectivity index (χ4n) is 0.990. The summed E-state index contributed by atoms with van der Waals surface area (Å²) in [5.41, 5.74) is -0.00602. The number of ether oxygens (including phenoxy) is 1. The first-order valence-corrected chi connectivity index (χ1v) is 3.80. The van der Waals surface area contributed by atoms with E-state index in [1.54, 1.807) is 6.92 Å². The minimum absolute atomic E-state index is 0.149. The Morgan fingerprint density at radius 2 is 2.29 bits per heavy atom. The second-order valence-electron chi connectivity index (χ2n) is 2.63. The highest BCUT2D eigenvalue weighted by Crippen LogP contribution is 2.15. The normalized spacial score (nSPS) is 9.21. The SMILES string of the molecule is [C-]#[N+]c1cc(C(=O)OC)c(=O)[nH]c1C. The Bertz CT molecular complexity index is 468. The van der Waals surface area contributed by atoms with Gasteiger partial charge >= 0.3 is 5.97 Å². The number of aromatic nitrogens is 1. The molecular formula is C9H8N2O3. The molecule has 14 heavy (non-hydrogen) atoms. The predicted molar refractivity (Wildman–Crippen MR) is 49.4 cm³/mol. The molecule has 0 saturated heterocycles. The molecule has 72 valence electrons. The van der Waals surface area contributed by atoms with Crippen molar-refractivity contribution in [2.45, 2.75) is 6.92 Å². The second-order valence-corrected chi connectivity index (χ2v) is 2.63. The molecule has 0 amide bonds. The lowest BCUT2D eigenvalue weighted by atomic mass is 10.2. The van der Waals surface area contributed by atoms with Crippen molar-refractivity contribution in [1.29, 1.82) is 0 Å². The molecule has 0 radical (unpaired) electrons. The molecule has 0 unspecified atom stereocenters. The van der Waals surface area contributed by atoms with Crippen LogP contribution in [-0.2, 0) is 4.74 Å². The van der Waals surface area contributed by atoms with Crippen molar-refractivity contribution < 1.29 is 9.53 Å². The molecule has 1 heterocycles. The topological polar surface area (TPSA) is 63.5 Å². The van der Waals surface area contributed by atoms with E-state index in [9.17, 15) is 9.59 Å². The number of carbonyl (C=O) groups excluding carboxylic acids is 1. The Morgan fingerprint density at radius 3 is 2.79 bits per heavy atom.